The highest BCUT2D eigenvalue weighted by atomic mass is 32.2. The number of amides is 1. The first-order valence-electron chi connectivity index (χ1n) is 14.4. The fourth-order valence-electron chi connectivity index (χ4n) is 4.96. The predicted molar refractivity (Wildman–Crippen MR) is 171 cm³/mol. The number of nitrogens with zero attached hydrogens (tertiary/aromatic N) is 7. The van der Waals surface area contributed by atoms with Crippen molar-refractivity contribution in [3.8, 4) is 11.4 Å². The Morgan fingerprint density at radius 2 is 1.70 bits per heavy atom. The summed E-state index contributed by atoms with van der Waals surface area (Å²) in [6.07, 6.45) is 6.21. The summed E-state index contributed by atoms with van der Waals surface area (Å²) in [5.74, 6) is -5.48. The maximum absolute atomic E-state index is 15.0. The van der Waals surface area contributed by atoms with Crippen molar-refractivity contribution >= 4 is 38.5 Å². The minimum absolute atomic E-state index is 0.0889. The van der Waals surface area contributed by atoms with Crippen LogP contribution in [0.15, 0.2) is 100 Å². The van der Waals surface area contributed by atoms with Gasteiger partial charge in [0.2, 0.25) is 0 Å². The zero-order chi connectivity index (χ0) is 35.7. The quantitative estimate of drug-likeness (QED) is 0.186. The van der Waals surface area contributed by atoms with E-state index in [0.717, 1.165) is 4.57 Å². The van der Waals surface area contributed by atoms with Gasteiger partial charge in [0.15, 0.2) is 0 Å². The first-order valence-corrected chi connectivity index (χ1v) is 15.8. The second kappa shape index (κ2) is 13.1. The van der Waals surface area contributed by atoms with E-state index in [9.17, 15) is 32.7 Å². The number of rotatable bonds is 10. The molecular weight excluding hydrogens is 680 g/mol. The van der Waals surface area contributed by atoms with Gasteiger partial charge in [-0.15, -0.1) is 0 Å². The van der Waals surface area contributed by atoms with Gasteiger partial charge in [0.1, 0.15) is 30.3 Å². The van der Waals surface area contributed by atoms with Gasteiger partial charge in [-0.25, -0.2) is 41.0 Å². The van der Waals surface area contributed by atoms with E-state index < -0.39 is 68.5 Å². The number of anilines is 1. The molecule has 6 aromatic rings. The summed E-state index contributed by atoms with van der Waals surface area (Å²) < 4.78 is 61.2. The third-order valence-corrected chi connectivity index (χ3v) is 8.91. The van der Waals surface area contributed by atoms with Gasteiger partial charge in [-0.2, -0.15) is 5.10 Å². The number of carbonyl (C=O) groups excluding carboxylic acids is 1. The lowest BCUT2D eigenvalue weighted by Crippen LogP contribution is -2.42. The fourth-order valence-corrected chi connectivity index (χ4v) is 6.02. The second-order valence-electron chi connectivity index (χ2n) is 10.7. The normalized spacial score (nSPS) is 12.1. The predicted octanol–water partition coefficient (Wildman–Crippen LogP) is 1.56. The van der Waals surface area contributed by atoms with Gasteiger partial charge < -0.3 is 10.4 Å². The Labute approximate surface area is 279 Å². The molecule has 4 aromatic heterocycles. The lowest BCUT2D eigenvalue weighted by atomic mass is 10.1. The van der Waals surface area contributed by atoms with Crippen LogP contribution in [0.25, 0.3) is 22.3 Å². The number of hydrogen-bond acceptors (Lipinski definition) is 10. The largest absolute Gasteiger partial charge is 0.480 e. The minimum Gasteiger partial charge on any atom is -0.480 e. The standard InChI is InChI=1S/C31H23F2N9O7S/c1-40-27-14-34-9-8-21(27)29(44)42(31(40)47)19-3-2-17(36-13-19)10-26(30(45)46)38-28(43)22-11-24(33)25(12-23(22)32)39-50(48,49)20-6-4-18(5-7-20)41-16-35-15-37-41/h2-9,11-16,26,39H,10H2,1H3,(H,38,43)(H,45,46)/t26-/m0/s1. The number of carboxylic acids is 1. The van der Waals surface area contributed by atoms with E-state index in [0.29, 0.717) is 23.3 Å². The van der Waals surface area contributed by atoms with Crippen LogP contribution in [0.2, 0.25) is 0 Å². The molecular formula is C31H23F2N9O7S. The molecule has 50 heavy (non-hydrogen) atoms. The molecule has 0 spiro atoms. The number of hydrogen-bond donors (Lipinski definition) is 3. The van der Waals surface area contributed by atoms with Crippen molar-refractivity contribution in [2.75, 3.05) is 4.72 Å². The molecule has 0 bridgehead atoms. The van der Waals surface area contributed by atoms with Crippen LogP contribution in [0.4, 0.5) is 14.5 Å². The summed E-state index contributed by atoms with van der Waals surface area (Å²) in [5, 5.41) is 16.0. The van der Waals surface area contributed by atoms with Crippen molar-refractivity contribution < 1.29 is 31.9 Å². The molecule has 1 atom stereocenters. The van der Waals surface area contributed by atoms with Crippen molar-refractivity contribution in [1.82, 2.24) is 39.2 Å². The van der Waals surface area contributed by atoms with Crippen LogP contribution in [0.1, 0.15) is 16.1 Å². The second-order valence-corrected chi connectivity index (χ2v) is 12.4. The molecule has 0 radical (unpaired) electrons. The number of carbonyl (C=O) groups is 2. The van der Waals surface area contributed by atoms with Crippen LogP contribution in [0.5, 0.6) is 0 Å². The van der Waals surface area contributed by atoms with Crippen LogP contribution in [-0.4, -0.2) is 65.3 Å². The lowest BCUT2D eigenvalue weighted by molar-refractivity contribution is -0.139. The van der Waals surface area contributed by atoms with Crippen LogP contribution in [-0.2, 0) is 28.3 Å². The SMILES string of the molecule is Cn1c(=O)n(-c2ccc(C[C@H](NC(=O)c3cc(F)c(NS(=O)(=O)c4ccc(-n5cncn5)cc4)cc3F)C(=O)O)nc2)c(=O)c2ccncc21. The number of aryl methyl sites for hydroxylation is 1. The van der Waals surface area contributed by atoms with Gasteiger partial charge in [-0.05, 0) is 48.5 Å². The molecule has 0 aliphatic carbocycles. The zero-order valence-electron chi connectivity index (χ0n) is 25.6. The molecule has 0 saturated carbocycles. The molecule has 1 amide bonds. The van der Waals surface area contributed by atoms with Crippen LogP contribution in [0, 0.1) is 11.6 Å². The van der Waals surface area contributed by atoms with E-state index in [1.165, 1.54) is 90.0 Å². The Kier molecular flexibility index (Phi) is 8.73. The minimum atomic E-state index is -4.40. The number of carboxylic acid groups (broad SMARTS) is 1. The highest BCUT2D eigenvalue weighted by Gasteiger charge is 2.26. The Balaban J connectivity index is 1.17. The number of fused-ring (bicyclic) bond motifs is 1. The number of pyridine rings is 2. The molecule has 0 aliphatic heterocycles. The van der Waals surface area contributed by atoms with E-state index >= 15 is 8.78 Å². The molecule has 0 aliphatic rings. The van der Waals surface area contributed by atoms with Crippen LogP contribution >= 0.6 is 0 Å². The Hall–Kier alpha value is -6.63. The van der Waals surface area contributed by atoms with E-state index in [1.54, 1.807) is 0 Å². The molecule has 0 fully saturated rings. The molecule has 3 N–H and O–H groups in total. The molecule has 254 valence electrons. The Morgan fingerprint density at radius 1 is 0.960 bits per heavy atom. The molecule has 4 heterocycles. The summed E-state index contributed by atoms with van der Waals surface area (Å²) in [7, 11) is -2.94. The molecule has 16 nitrogen and oxygen atoms in total. The summed E-state index contributed by atoms with van der Waals surface area (Å²) >= 11 is 0. The van der Waals surface area contributed by atoms with Gasteiger partial charge >= 0.3 is 11.7 Å². The van der Waals surface area contributed by atoms with E-state index in [-0.39, 0.29) is 21.7 Å². The Morgan fingerprint density at radius 3 is 2.36 bits per heavy atom. The smallest absolute Gasteiger partial charge is 0.335 e. The summed E-state index contributed by atoms with van der Waals surface area (Å²) in [4.78, 5) is 62.4. The first kappa shape index (κ1) is 33.3. The third-order valence-electron chi connectivity index (χ3n) is 7.53. The monoisotopic (exact) mass is 703 g/mol. The first-order chi connectivity index (χ1) is 23.8. The number of aromatic nitrogens is 7. The van der Waals surface area contributed by atoms with Crippen LogP contribution in [0.3, 0.4) is 0 Å². The summed E-state index contributed by atoms with van der Waals surface area (Å²) in [6.45, 7) is 0. The van der Waals surface area contributed by atoms with Crippen molar-refractivity contribution in [3.05, 3.63) is 130 Å². The molecule has 0 unspecified atom stereocenters. The van der Waals surface area contributed by atoms with Crippen LogP contribution < -0.4 is 21.3 Å². The fraction of sp³-hybridized carbons (Fsp3) is 0.0968. The average molecular weight is 704 g/mol. The van der Waals surface area contributed by atoms with Crippen molar-refractivity contribution in [1.29, 1.82) is 0 Å². The highest BCUT2D eigenvalue weighted by molar-refractivity contribution is 7.92. The molecule has 19 heteroatoms. The Bertz CT molecular complexity index is 2500. The van der Waals surface area contributed by atoms with Gasteiger partial charge in [0, 0.05) is 31.4 Å². The number of aliphatic carboxylic acids is 1. The topological polar surface area (TPSA) is 213 Å². The van der Waals surface area contributed by atoms with Crippen molar-refractivity contribution in [3.63, 3.8) is 0 Å². The maximum atomic E-state index is 15.0. The molecule has 2 aromatic carbocycles. The highest BCUT2D eigenvalue weighted by Crippen LogP contribution is 2.24. The van der Waals surface area contributed by atoms with E-state index in [4.69, 9.17) is 0 Å². The summed E-state index contributed by atoms with van der Waals surface area (Å²) in [6, 6.07) is 8.63. The zero-order valence-corrected chi connectivity index (χ0v) is 26.4. The van der Waals surface area contributed by atoms with Gasteiger partial charge in [0.25, 0.3) is 21.5 Å². The van der Waals surface area contributed by atoms with Gasteiger partial charge in [-0.3, -0.25) is 28.8 Å². The van der Waals surface area contributed by atoms with Crippen molar-refractivity contribution in [2.45, 2.75) is 17.4 Å². The number of halogens is 2. The number of benzene rings is 2. The maximum Gasteiger partial charge on any atom is 0.335 e. The summed E-state index contributed by atoms with van der Waals surface area (Å²) in [5.41, 5.74) is -1.97. The molecule has 0 saturated heterocycles. The van der Waals surface area contributed by atoms with Crippen molar-refractivity contribution in [2.24, 2.45) is 7.05 Å². The van der Waals surface area contributed by atoms with E-state index in [1.807, 2.05) is 4.72 Å². The number of sulfonamides is 1. The third kappa shape index (κ3) is 6.43. The molecule has 6 rings (SSSR count). The number of nitrogens with one attached hydrogen (secondary N) is 2. The van der Waals surface area contributed by atoms with Gasteiger partial charge in [-0.1, -0.05) is 0 Å². The van der Waals surface area contributed by atoms with Gasteiger partial charge in [0.05, 0.1) is 50.8 Å². The average Bonchev–Trinajstić information content (AvgIpc) is 3.64. The lowest BCUT2D eigenvalue weighted by Gasteiger charge is -2.16. The van der Waals surface area contributed by atoms with E-state index in [2.05, 4.69) is 25.4 Å².